The van der Waals surface area contributed by atoms with Gasteiger partial charge in [0.1, 0.15) is 0 Å². The standard InChI is InChI=1S/C11H24N2O/c1-9(2)6-13-11(7-12,8-14-5)10(3)4/h10,13H,1,6-8,12H2,2-5H3. The van der Waals surface area contributed by atoms with Crippen molar-refractivity contribution in [1.29, 1.82) is 0 Å². The lowest BCUT2D eigenvalue weighted by Gasteiger charge is -2.37. The first kappa shape index (κ1) is 13.6. The van der Waals surface area contributed by atoms with Gasteiger partial charge in [0.2, 0.25) is 0 Å². The highest BCUT2D eigenvalue weighted by atomic mass is 16.5. The Morgan fingerprint density at radius 3 is 2.43 bits per heavy atom. The number of nitrogens with one attached hydrogen (secondary N) is 1. The summed E-state index contributed by atoms with van der Waals surface area (Å²) in [6, 6.07) is 0. The Hall–Kier alpha value is -0.380. The van der Waals surface area contributed by atoms with Crippen LogP contribution < -0.4 is 11.1 Å². The minimum absolute atomic E-state index is 0.131. The maximum Gasteiger partial charge on any atom is 0.0659 e. The molecular formula is C11H24N2O. The van der Waals surface area contributed by atoms with Crippen LogP contribution in [0, 0.1) is 5.92 Å². The van der Waals surface area contributed by atoms with Crippen molar-refractivity contribution in [3.8, 4) is 0 Å². The minimum atomic E-state index is -0.131. The molecule has 0 rings (SSSR count). The summed E-state index contributed by atoms with van der Waals surface area (Å²) < 4.78 is 5.22. The Balaban J connectivity index is 4.41. The fourth-order valence-corrected chi connectivity index (χ4v) is 1.37. The predicted octanol–water partition coefficient (Wildman–Crippen LogP) is 1.15. The molecule has 0 saturated carbocycles. The van der Waals surface area contributed by atoms with Crippen LogP contribution in [0.25, 0.3) is 0 Å². The van der Waals surface area contributed by atoms with E-state index in [1.54, 1.807) is 7.11 Å². The van der Waals surface area contributed by atoms with Crippen LogP contribution in [0.5, 0.6) is 0 Å². The lowest BCUT2D eigenvalue weighted by atomic mass is 9.87. The highest BCUT2D eigenvalue weighted by molar-refractivity contribution is 4.99. The third-order valence-electron chi connectivity index (χ3n) is 2.61. The maximum absolute atomic E-state index is 5.81. The molecule has 0 aliphatic heterocycles. The topological polar surface area (TPSA) is 47.3 Å². The van der Waals surface area contributed by atoms with E-state index in [1.807, 2.05) is 6.92 Å². The Morgan fingerprint density at radius 1 is 1.57 bits per heavy atom. The quantitative estimate of drug-likeness (QED) is 0.606. The normalized spacial score (nSPS) is 15.6. The number of nitrogens with two attached hydrogens (primary N) is 1. The summed E-state index contributed by atoms with van der Waals surface area (Å²) in [6.07, 6.45) is 0. The summed E-state index contributed by atoms with van der Waals surface area (Å²) in [5.74, 6) is 0.437. The zero-order valence-electron chi connectivity index (χ0n) is 9.89. The van der Waals surface area contributed by atoms with Gasteiger partial charge in [-0.3, -0.25) is 0 Å². The van der Waals surface area contributed by atoms with Gasteiger partial charge in [0.25, 0.3) is 0 Å². The molecule has 0 aromatic rings. The second-order valence-corrected chi connectivity index (χ2v) is 4.26. The van der Waals surface area contributed by atoms with Crippen molar-refractivity contribution in [1.82, 2.24) is 5.32 Å². The van der Waals surface area contributed by atoms with Crippen molar-refractivity contribution in [3.63, 3.8) is 0 Å². The third-order valence-corrected chi connectivity index (χ3v) is 2.61. The van der Waals surface area contributed by atoms with Crippen molar-refractivity contribution in [2.24, 2.45) is 11.7 Å². The Bertz CT molecular complexity index is 180. The van der Waals surface area contributed by atoms with E-state index >= 15 is 0 Å². The average Bonchev–Trinajstić information content (AvgIpc) is 2.11. The molecule has 0 aromatic heterocycles. The van der Waals surface area contributed by atoms with Gasteiger partial charge in [-0.05, 0) is 12.8 Å². The minimum Gasteiger partial charge on any atom is -0.383 e. The first-order chi connectivity index (χ1) is 6.48. The zero-order valence-corrected chi connectivity index (χ0v) is 9.89. The van der Waals surface area contributed by atoms with Crippen LogP contribution in [0.2, 0.25) is 0 Å². The van der Waals surface area contributed by atoms with Crippen LogP contribution in [-0.2, 0) is 4.74 Å². The number of ether oxygens (including phenoxy) is 1. The number of hydrogen-bond acceptors (Lipinski definition) is 3. The van der Waals surface area contributed by atoms with Gasteiger partial charge in [0, 0.05) is 20.2 Å². The fraction of sp³-hybridized carbons (Fsp3) is 0.818. The Kier molecular flexibility index (Phi) is 6.00. The molecular weight excluding hydrogens is 176 g/mol. The highest BCUT2D eigenvalue weighted by Gasteiger charge is 2.31. The highest BCUT2D eigenvalue weighted by Crippen LogP contribution is 2.16. The molecule has 1 atom stereocenters. The van der Waals surface area contributed by atoms with Gasteiger partial charge in [-0.25, -0.2) is 0 Å². The van der Waals surface area contributed by atoms with Gasteiger partial charge >= 0.3 is 0 Å². The largest absolute Gasteiger partial charge is 0.383 e. The predicted molar refractivity (Wildman–Crippen MR) is 61.3 cm³/mol. The molecule has 1 unspecified atom stereocenters. The lowest BCUT2D eigenvalue weighted by Crippen LogP contribution is -2.58. The number of hydrogen-bond donors (Lipinski definition) is 2. The van der Waals surface area contributed by atoms with Crippen molar-refractivity contribution in [2.45, 2.75) is 26.3 Å². The lowest BCUT2D eigenvalue weighted by molar-refractivity contribution is 0.0853. The van der Waals surface area contributed by atoms with E-state index in [-0.39, 0.29) is 5.54 Å². The first-order valence-corrected chi connectivity index (χ1v) is 5.07. The molecule has 3 N–H and O–H groups in total. The van der Waals surface area contributed by atoms with E-state index in [2.05, 4.69) is 25.7 Å². The average molecular weight is 200 g/mol. The number of rotatable bonds is 7. The molecule has 0 heterocycles. The van der Waals surface area contributed by atoms with Gasteiger partial charge in [-0.15, -0.1) is 0 Å². The van der Waals surface area contributed by atoms with E-state index in [0.717, 1.165) is 12.1 Å². The molecule has 0 bridgehead atoms. The summed E-state index contributed by atoms with van der Waals surface area (Å²) in [5.41, 5.74) is 6.79. The Labute approximate surface area is 87.7 Å². The molecule has 0 spiro atoms. The van der Waals surface area contributed by atoms with Crippen LogP contribution in [0.1, 0.15) is 20.8 Å². The fourth-order valence-electron chi connectivity index (χ4n) is 1.37. The monoisotopic (exact) mass is 200 g/mol. The van der Waals surface area contributed by atoms with Crippen molar-refractivity contribution in [2.75, 3.05) is 26.8 Å². The Morgan fingerprint density at radius 2 is 2.14 bits per heavy atom. The molecule has 0 aliphatic rings. The first-order valence-electron chi connectivity index (χ1n) is 5.07. The summed E-state index contributed by atoms with van der Waals surface area (Å²) in [4.78, 5) is 0. The van der Waals surface area contributed by atoms with E-state index in [9.17, 15) is 0 Å². The van der Waals surface area contributed by atoms with Gasteiger partial charge in [-0.1, -0.05) is 26.0 Å². The molecule has 3 nitrogen and oxygen atoms in total. The van der Waals surface area contributed by atoms with Crippen LogP contribution in [0.15, 0.2) is 12.2 Å². The van der Waals surface area contributed by atoms with Gasteiger partial charge in [0.05, 0.1) is 12.1 Å². The second kappa shape index (κ2) is 6.17. The van der Waals surface area contributed by atoms with Crippen molar-refractivity contribution >= 4 is 0 Å². The summed E-state index contributed by atoms with van der Waals surface area (Å²) in [7, 11) is 1.70. The van der Waals surface area contributed by atoms with Crippen LogP contribution in [0.4, 0.5) is 0 Å². The molecule has 0 saturated heterocycles. The number of methoxy groups -OCH3 is 1. The summed E-state index contributed by atoms with van der Waals surface area (Å²) >= 11 is 0. The van der Waals surface area contributed by atoms with Gasteiger partial charge < -0.3 is 15.8 Å². The molecule has 0 aliphatic carbocycles. The SMILES string of the molecule is C=C(C)CNC(CN)(COC)C(C)C. The van der Waals surface area contributed by atoms with Crippen LogP contribution in [0.3, 0.4) is 0 Å². The van der Waals surface area contributed by atoms with Crippen LogP contribution in [-0.4, -0.2) is 32.3 Å². The summed E-state index contributed by atoms with van der Waals surface area (Å²) in [6.45, 7) is 12.2. The molecule has 14 heavy (non-hydrogen) atoms. The maximum atomic E-state index is 5.81. The van der Waals surface area contributed by atoms with E-state index in [1.165, 1.54) is 0 Å². The van der Waals surface area contributed by atoms with E-state index < -0.39 is 0 Å². The summed E-state index contributed by atoms with van der Waals surface area (Å²) in [5, 5.41) is 3.43. The second-order valence-electron chi connectivity index (χ2n) is 4.26. The molecule has 84 valence electrons. The van der Waals surface area contributed by atoms with E-state index in [4.69, 9.17) is 10.5 Å². The van der Waals surface area contributed by atoms with Crippen molar-refractivity contribution < 1.29 is 4.74 Å². The molecule has 0 aromatic carbocycles. The molecule has 0 fully saturated rings. The van der Waals surface area contributed by atoms with E-state index in [0.29, 0.717) is 19.1 Å². The molecule has 3 heteroatoms. The van der Waals surface area contributed by atoms with Gasteiger partial charge in [-0.2, -0.15) is 0 Å². The third kappa shape index (κ3) is 3.78. The smallest absolute Gasteiger partial charge is 0.0659 e. The van der Waals surface area contributed by atoms with Crippen LogP contribution >= 0.6 is 0 Å². The zero-order chi connectivity index (χ0) is 11.2. The van der Waals surface area contributed by atoms with Gasteiger partial charge in [0.15, 0.2) is 0 Å². The molecule has 0 amide bonds. The molecule has 0 radical (unpaired) electrons. The van der Waals surface area contributed by atoms with Crippen molar-refractivity contribution in [3.05, 3.63) is 12.2 Å².